The molecule has 41 heavy (non-hydrogen) atoms. The Morgan fingerprint density at radius 1 is 1.00 bits per heavy atom. The van der Waals surface area contributed by atoms with Crippen molar-refractivity contribution in [3.05, 3.63) is 113 Å². The highest BCUT2D eigenvalue weighted by Crippen LogP contribution is 2.44. The van der Waals surface area contributed by atoms with Crippen LogP contribution in [0.3, 0.4) is 0 Å². The summed E-state index contributed by atoms with van der Waals surface area (Å²) in [5.41, 5.74) is 6.23. The summed E-state index contributed by atoms with van der Waals surface area (Å²) in [6.07, 6.45) is 8.83. The molecule has 5 nitrogen and oxygen atoms in total. The topological polar surface area (TPSA) is 39.5 Å². The molecule has 0 spiro atoms. The van der Waals surface area contributed by atoms with Crippen molar-refractivity contribution < 1.29 is 13.9 Å². The second-order valence-electron chi connectivity index (χ2n) is 12.1. The molecule has 0 saturated carbocycles. The molecule has 0 aliphatic carbocycles. The van der Waals surface area contributed by atoms with Crippen LogP contribution in [-0.2, 0) is 23.4 Å². The maximum absolute atomic E-state index is 13.8. The third-order valence-electron chi connectivity index (χ3n) is 7.93. The molecule has 0 N–H and O–H groups in total. The van der Waals surface area contributed by atoms with Gasteiger partial charge in [0.25, 0.3) is 0 Å². The molecule has 4 aromatic rings. The standard InChI is InChI=1S/C34H40FN3O2Si/c1-34(33-17-16-32(39-2)22-27(33)18-19-38(34)31-14-11-29(35)12-15-31)28-9-6-26(7-10-28)8-13-30-23-37(24-36-30)25-40-20-21-41(3,4)5/h6-17,22-24H,18-21,25H2,1-5H3/b13-8+. The van der Waals surface area contributed by atoms with Crippen LogP contribution < -0.4 is 9.64 Å². The molecule has 0 saturated heterocycles. The molecule has 2 heterocycles. The predicted molar refractivity (Wildman–Crippen MR) is 169 cm³/mol. The fraction of sp³-hybridized carbons (Fsp3) is 0.324. The lowest BCUT2D eigenvalue weighted by Crippen LogP contribution is -2.49. The number of halogens is 1. The van der Waals surface area contributed by atoms with Crippen LogP contribution in [0.4, 0.5) is 10.1 Å². The molecule has 5 rings (SSSR count). The molecule has 1 atom stereocenters. The summed E-state index contributed by atoms with van der Waals surface area (Å²) in [6, 6.07) is 23.0. The highest BCUT2D eigenvalue weighted by molar-refractivity contribution is 6.76. The van der Waals surface area contributed by atoms with E-state index in [1.807, 2.05) is 41.4 Å². The van der Waals surface area contributed by atoms with Gasteiger partial charge in [-0.05, 0) is 84.1 Å². The zero-order valence-corrected chi connectivity index (χ0v) is 25.7. The lowest BCUT2D eigenvalue weighted by molar-refractivity contribution is 0.0871. The molecular formula is C34H40FN3O2Si. The van der Waals surface area contributed by atoms with E-state index in [1.54, 1.807) is 7.11 Å². The largest absolute Gasteiger partial charge is 0.497 e. The molecule has 0 amide bonds. The van der Waals surface area contributed by atoms with Crippen molar-refractivity contribution in [2.75, 3.05) is 25.2 Å². The first-order valence-electron chi connectivity index (χ1n) is 14.2. The third-order valence-corrected chi connectivity index (χ3v) is 9.63. The summed E-state index contributed by atoms with van der Waals surface area (Å²) in [6.45, 7) is 11.5. The summed E-state index contributed by atoms with van der Waals surface area (Å²) >= 11 is 0. The number of rotatable bonds is 10. The Kier molecular flexibility index (Phi) is 8.47. The average molecular weight is 570 g/mol. The van der Waals surface area contributed by atoms with Gasteiger partial charge in [-0.15, -0.1) is 0 Å². The Morgan fingerprint density at radius 2 is 1.76 bits per heavy atom. The quantitative estimate of drug-likeness (QED) is 0.144. The second kappa shape index (κ2) is 12.0. The van der Waals surface area contributed by atoms with E-state index in [2.05, 4.69) is 78.9 Å². The number of anilines is 1. The zero-order chi connectivity index (χ0) is 29.0. The monoisotopic (exact) mass is 569 g/mol. The summed E-state index contributed by atoms with van der Waals surface area (Å²) in [5.74, 6) is 0.635. The number of aromatic nitrogens is 2. The van der Waals surface area contributed by atoms with E-state index in [9.17, 15) is 4.39 Å². The zero-order valence-electron chi connectivity index (χ0n) is 24.7. The fourth-order valence-corrected chi connectivity index (χ4v) is 6.24. The molecule has 1 aliphatic heterocycles. The van der Waals surface area contributed by atoms with Crippen LogP contribution in [0.2, 0.25) is 25.7 Å². The molecule has 1 unspecified atom stereocenters. The van der Waals surface area contributed by atoms with E-state index in [-0.39, 0.29) is 5.82 Å². The van der Waals surface area contributed by atoms with E-state index < -0.39 is 13.6 Å². The van der Waals surface area contributed by atoms with Gasteiger partial charge in [-0.25, -0.2) is 9.37 Å². The molecule has 1 aliphatic rings. The molecule has 7 heteroatoms. The van der Waals surface area contributed by atoms with Crippen molar-refractivity contribution in [2.24, 2.45) is 0 Å². The molecule has 0 radical (unpaired) electrons. The maximum atomic E-state index is 13.8. The van der Waals surface area contributed by atoms with Crippen molar-refractivity contribution in [3.8, 4) is 5.75 Å². The minimum Gasteiger partial charge on any atom is -0.497 e. The van der Waals surface area contributed by atoms with Gasteiger partial charge in [0.15, 0.2) is 0 Å². The first-order chi connectivity index (χ1) is 19.7. The van der Waals surface area contributed by atoms with E-state index >= 15 is 0 Å². The summed E-state index contributed by atoms with van der Waals surface area (Å²) in [7, 11) is 0.615. The predicted octanol–water partition coefficient (Wildman–Crippen LogP) is 7.84. The van der Waals surface area contributed by atoms with Gasteiger partial charge in [0.05, 0.1) is 24.7 Å². The SMILES string of the molecule is COc1ccc2c(c1)CCN(c1ccc(F)cc1)C2(C)c1ccc(/C=C/c2cn(COCC[Si](C)(C)C)cn2)cc1. The highest BCUT2D eigenvalue weighted by atomic mass is 28.3. The van der Waals surface area contributed by atoms with Crippen LogP contribution in [0.25, 0.3) is 12.2 Å². The van der Waals surface area contributed by atoms with Crippen LogP contribution in [-0.4, -0.2) is 37.9 Å². The van der Waals surface area contributed by atoms with Gasteiger partial charge >= 0.3 is 0 Å². The highest BCUT2D eigenvalue weighted by Gasteiger charge is 2.40. The van der Waals surface area contributed by atoms with E-state index in [1.165, 1.54) is 28.8 Å². The Labute approximate surface area is 244 Å². The third kappa shape index (κ3) is 6.63. The molecule has 214 valence electrons. The van der Waals surface area contributed by atoms with Gasteiger partial charge in [0.2, 0.25) is 0 Å². The number of hydrogen-bond acceptors (Lipinski definition) is 4. The Morgan fingerprint density at radius 3 is 2.46 bits per heavy atom. The molecule has 0 fully saturated rings. The smallest absolute Gasteiger partial charge is 0.123 e. The van der Waals surface area contributed by atoms with Gasteiger partial charge in [0, 0.05) is 33.1 Å². The Bertz CT molecular complexity index is 1490. The normalized spacial score (nSPS) is 17.2. The summed E-state index contributed by atoms with van der Waals surface area (Å²) in [5, 5.41) is 0. The van der Waals surface area contributed by atoms with Crippen molar-refractivity contribution in [3.63, 3.8) is 0 Å². The van der Waals surface area contributed by atoms with Gasteiger partial charge in [-0.2, -0.15) is 0 Å². The minimum atomic E-state index is -1.09. The number of ether oxygens (including phenoxy) is 2. The van der Waals surface area contributed by atoms with E-state index in [4.69, 9.17) is 9.47 Å². The molecule has 0 bridgehead atoms. The van der Waals surface area contributed by atoms with Gasteiger partial charge < -0.3 is 18.9 Å². The number of hydrogen-bond donors (Lipinski definition) is 0. The van der Waals surface area contributed by atoms with Gasteiger partial charge in [-0.3, -0.25) is 0 Å². The van der Waals surface area contributed by atoms with Crippen molar-refractivity contribution in [1.82, 2.24) is 9.55 Å². The Balaban J connectivity index is 1.36. The van der Waals surface area contributed by atoms with Gasteiger partial charge in [0.1, 0.15) is 18.3 Å². The van der Waals surface area contributed by atoms with E-state index in [0.717, 1.165) is 48.3 Å². The minimum absolute atomic E-state index is 0.229. The van der Waals surface area contributed by atoms with Crippen LogP contribution in [0.5, 0.6) is 5.75 Å². The number of methoxy groups -OCH3 is 1. The second-order valence-corrected chi connectivity index (χ2v) is 17.7. The van der Waals surface area contributed by atoms with E-state index in [0.29, 0.717) is 6.73 Å². The van der Waals surface area contributed by atoms with Crippen molar-refractivity contribution in [1.29, 1.82) is 0 Å². The lowest BCUT2D eigenvalue weighted by Gasteiger charge is -2.48. The summed E-state index contributed by atoms with van der Waals surface area (Å²) < 4.78 is 27.1. The average Bonchev–Trinajstić information content (AvgIpc) is 3.42. The lowest BCUT2D eigenvalue weighted by atomic mass is 9.76. The molecular weight excluding hydrogens is 529 g/mol. The number of fused-ring (bicyclic) bond motifs is 1. The maximum Gasteiger partial charge on any atom is 0.123 e. The van der Waals surface area contributed by atoms with Crippen molar-refractivity contribution >= 4 is 25.9 Å². The number of benzene rings is 3. The van der Waals surface area contributed by atoms with Crippen LogP contribution in [0.1, 0.15) is 34.9 Å². The molecule has 1 aromatic heterocycles. The Hall–Kier alpha value is -3.68. The molecule has 3 aromatic carbocycles. The number of imidazole rings is 1. The fourth-order valence-electron chi connectivity index (χ4n) is 5.48. The first kappa shape index (κ1) is 28.8. The first-order valence-corrected chi connectivity index (χ1v) is 18.0. The van der Waals surface area contributed by atoms with Gasteiger partial charge in [-0.1, -0.05) is 56.0 Å². The van der Waals surface area contributed by atoms with Crippen LogP contribution in [0, 0.1) is 5.82 Å². The van der Waals surface area contributed by atoms with Crippen LogP contribution in [0.15, 0.2) is 79.3 Å². The number of nitrogens with zero attached hydrogens (tertiary/aromatic N) is 3. The van der Waals surface area contributed by atoms with Crippen LogP contribution >= 0.6 is 0 Å². The summed E-state index contributed by atoms with van der Waals surface area (Å²) in [4.78, 5) is 6.89. The van der Waals surface area contributed by atoms with Crippen molar-refractivity contribution in [2.45, 2.75) is 51.3 Å².